The van der Waals surface area contributed by atoms with Crippen LogP contribution in [0, 0.1) is 11.7 Å². The van der Waals surface area contributed by atoms with E-state index in [0.29, 0.717) is 44.3 Å². The van der Waals surface area contributed by atoms with Crippen LogP contribution in [-0.2, 0) is 16.4 Å². The average molecular weight is 653 g/mol. The first-order chi connectivity index (χ1) is 20.3. The third kappa shape index (κ3) is 6.08. The van der Waals surface area contributed by atoms with Crippen molar-refractivity contribution in [2.75, 3.05) is 26.4 Å². The van der Waals surface area contributed by atoms with Gasteiger partial charge in [-0.3, -0.25) is 15.2 Å². The van der Waals surface area contributed by atoms with E-state index in [2.05, 4.69) is 26.6 Å². The van der Waals surface area contributed by atoms with Crippen molar-refractivity contribution < 1.29 is 17.6 Å². The normalized spacial score (nSPS) is 29.5. The molecular weight excluding hydrogens is 616 g/mol. The number of likely N-dealkylation sites (N-methyl/N-ethyl adjacent to an activating group) is 1. The van der Waals surface area contributed by atoms with Crippen molar-refractivity contribution in [3.8, 4) is 0 Å². The van der Waals surface area contributed by atoms with E-state index in [1.807, 2.05) is 25.1 Å². The summed E-state index contributed by atoms with van der Waals surface area (Å²) in [6, 6.07) is 2.30. The molecule has 1 aromatic carbocycles. The highest BCUT2D eigenvalue weighted by molar-refractivity contribution is 7.88. The molecule has 2 fully saturated rings. The molecule has 5 atom stereocenters. The smallest absolute Gasteiger partial charge is 0.256 e. The summed E-state index contributed by atoms with van der Waals surface area (Å²) in [5.74, 6) is -0.760. The van der Waals surface area contributed by atoms with Crippen LogP contribution < -0.4 is 10.1 Å². The minimum Gasteiger partial charge on any atom is -0.331 e. The number of carbonyl (C=O) groups is 1. The van der Waals surface area contributed by atoms with E-state index in [-0.39, 0.29) is 45.9 Å². The van der Waals surface area contributed by atoms with E-state index in [4.69, 9.17) is 28.3 Å². The zero-order chi connectivity index (χ0) is 30.7. The van der Waals surface area contributed by atoms with Crippen LogP contribution in [0.5, 0.6) is 0 Å². The number of rotatable bonds is 8. The molecule has 5 aliphatic rings. The largest absolute Gasteiger partial charge is 0.331 e. The van der Waals surface area contributed by atoms with Crippen LogP contribution >= 0.6 is 23.2 Å². The fourth-order valence-electron chi connectivity index (χ4n) is 6.99. The standard InChI is InChI=1S/C29H36Cl2FN7O3S/c1-16-26-23(27(38(2)35-26)18-10-19(13-20(30)11-18)29(7-8-29)36-43(3,41)42)6-9-39(16)28(40)24-14-21(32)12-17(25(24)31)4-5-22-15-33-37-34-22/h10,12-14,16,20,22-23,27,36H,4-9,11,15H2,1-3H3,(H,33,34)/t16-,20?,22?,23?,27?/m1/s1. The lowest BCUT2D eigenvalue weighted by Crippen LogP contribution is -2.52. The molecule has 1 aromatic rings. The Morgan fingerprint density at radius 3 is 2.74 bits per heavy atom. The number of fused-ring (bicyclic) bond motifs is 1. The molecule has 0 spiro atoms. The van der Waals surface area contributed by atoms with Crippen LogP contribution in [0.25, 0.3) is 0 Å². The van der Waals surface area contributed by atoms with Crippen LogP contribution in [0.15, 0.2) is 50.9 Å². The SMILES string of the molecule is C[C@@H]1C2=NN(C)C(C3=CC(C4(NS(C)(=O)=O)CC4)=CC(Cl)C3)C2CCN1C(=O)c1cc(F)cc(CCC2CN=NN2)c1Cl. The summed E-state index contributed by atoms with van der Waals surface area (Å²) in [6.45, 7) is 2.97. The Kier molecular flexibility index (Phi) is 8.10. The van der Waals surface area contributed by atoms with Crippen molar-refractivity contribution in [3.05, 3.63) is 57.4 Å². The number of hydrogen-bond donors (Lipinski definition) is 2. The van der Waals surface area contributed by atoms with Gasteiger partial charge >= 0.3 is 0 Å². The molecule has 10 nitrogen and oxygen atoms in total. The van der Waals surface area contributed by atoms with E-state index in [0.717, 1.165) is 29.7 Å². The Hall–Kier alpha value is -2.54. The van der Waals surface area contributed by atoms with Crippen molar-refractivity contribution in [2.45, 2.75) is 74.5 Å². The van der Waals surface area contributed by atoms with E-state index in [1.165, 1.54) is 18.4 Å². The van der Waals surface area contributed by atoms with Gasteiger partial charge in [0, 0.05) is 19.5 Å². The lowest BCUT2D eigenvalue weighted by molar-refractivity contribution is 0.0702. The number of nitrogens with zero attached hydrogens (tertiary/aromatic N) is 5. The monoisotopic (exact) mass is 651 g/mol. The Balaban J connectivity index is 1.20. The van der Waals surface area contributed by atoms with E-state index < -0.39 is 21.4 Å². The third-order valence-corrected chi connectivity index (χ3v) is 10.7. The number of likely N-dealkylation sites (tertiary alicyclic amines) is 1. The number of aryl methyl sites for hydroxylation is 1. The fraction of sp³-hybridized carbons (Fsp3) is 0.586. The van der Waals surface area contributed by atoms with Gasteiger partial charge in [0.05, 0.1) is 58.1 Å². The van der Waals surface area contributed by atoms with Crippen LogP contribution in [0.2, 0.25) is 5.02 Å². The predicted molar refractivity (Wildman–Crippen MR) is 164 cm³/mol. The fourth-order valence-corrected chi connectivity index (χ4v) is 8.62. The number of sulfonamides is 1. The molecule has 6 rings (SSSR count). The first-order valence-corrected chi connectivity index (χ1v) is 17.3. The molecule has 3 heterocycles. The first kappa shape index (κ1) is 30.5. The topological polar surface area (TPSA) is 119 Å². The quantitative estimate of drug-likeness (QED) is 0.408. The molecule has 14 heteroatoms. The molecule has 2 N–H and O–H groups in total. The van der Waals surface area contributed by atoms with Crippen molar-refractivity contribution in [3.63, 3.8) is 0 Å². The predicted octanol–water partition coefficient (Wildman–Crippen LogP) is 4.22. The second-order valence-corrected chi connectivity index (χ2v) is 15.0. The molecule has 1 saturated heterocycles. The summed E-state index contributed by atoms with van der Waals surface area (Å²) in [5, 5.41) is 14.6. The highest BCUT2D eigenvalue weighted by Gasteiger charge is 2.50. The van der Waals surface area contributed by atoms with E-state index in [1.54, 1.807) is 4.90 Å². The van der Waals surface area contributed by atoms with Gasteiger partial charge in [0.2, 0.25) is 10.0 Å². The van der Waals surface area contributed by atoms with E-state index >= 15 is 0 Å². The number of carbonyl (C=O) groups excluding carboxylic acids is 1. The second kappa shape index (κ2) is 11.4. The lowest BCUT2D eigenvalue weighted by atomic mass is 9.78. The van der Waals surface area contributed by atoms with Gasteiger partial charge in [-0.15, -0.1) is 11.6 Å². The number of amides is 1. The zero-order valence-electron chi connectivity index (χ0n) is 24.4. The number of hydrazone groups is 1. The second-order valence-electron chi connectivity index (χ2n) is 12.3. The summed E-state index contributed by atoms with van der Waals surface area (Å²) in [4.78, 5) is 15.6. The van der Waals surface area contributed by atoms with E-state index in [9.17, 15) is 17.6 Å². The summed E-state index contributed by atoms with van der Waals surface area (Å²) in [7, 11) is -1.47. The van der Waals surface area contributed by atoms with Gasteiger partial charge < -0.3 is 4.90 Å². The molecule has 43 heavy (non-hydrogen) atoms. The van der Waals surface area contributed by atoms with Crippen molar-refractivity contribution in [1.29, 1.82) is 0 Å². The van der Waals surface area contributed by atoms with Crippen LogP contribution in [-0.4, -0.2) is 85.4 Å². The van der Waals surface area contributed by atoms with Crippen LogP contribution in [0.1, 0.15) is 54.9 Å². The number of halogens is 3. The Morgan fingerprint density at radius 2 is 2.07 bits per heavy atom. The number of nitrogens with one attached hydrogen (secondary N) is 2. The highest BCUT2D eigenvalue weighted by atomic mass is 35.5. The number of hydrogen-bond acceptors (Lipinski definition) is 8. The summed E-state index contributed by atoms with van der Waals surface area (Å²) < 4.78 is 41.7. The first-order valence-electron chi connectivity index (χ1n) is 14.6. The highest BCUT2D eigenvalue weighted by Crippen LogP contribution is 2.47. The van der Waals surface area contributed by atoms with Crippen molar-refractivity contribution in [1.82, 2.24) is 20.1 Å². The molecule has 3 aliphatic heterocycles. The third-order valence-electron chi connectivity index (χ3n) is 9.19. The molecular formula is C29H36Cl2FN7O3S. The zero-order valence-corrected chi connectivity index (χ0v) is 26.7. The summed E-state index contributed by atoms with van der Waals surface area (Å²) in [6.07, 6.45) is 9.15. The van der Waals surface area contributed by atoms with Gasteiger partial charge in [0.25, 0.3) is 5.91 Å². The minimum absolute atomic E-state index is 0.0549. The van der Waals surface area contributed by atoms with Gasteiger partial charge in [-0.2, -0.15) is 10.2 Å². The Morgan fingerprint density at radius 1 is 1.30 bits per heavy atom. The molecule has 0 aromatic heterocycles. The van der Waals surface area contributed by atoms with Crippen molar-refractivity contribution in [2.24, 2.45) is 21.4 Å². The van der Waals surface area contributed by atoms with Crippen molar-refractivity contribution >= 4 is 44.8 Å². The maximum absolute atomic E-state index is 14.7. The van der Waals surface area contributed by atoms with Gasteiger partial charge in [0.15, 0.2) is 0 Å². The van der Waals surface area contributed by atoms with Crippen LogP contribution in [0.4, 0.5) is 4.39 Å². The Labute approximate surface area is 261 Å². The van der Waals surface area contributed by atoms with Gasteiger partial charge in [-0.1, -0.05) is 29.0 Å². The molecule has 232 valence electrons. The minimum atomic E-state index is -3.39. The number of allylic oxidation sites excluding steroid dienone is 1. The van der Waals surface area contributed by atoms with Gasteiger partial charge in [0.1, 0.15) is 5.82 Å². The lowest BCUT2D eigenvalue weighted by Gasteiger charge is -2.39. The average Bonchev–Trinajstić information content (AvgIpc) is 3.34. The maximum Gasteiger partial charge on any atom is 0.256 e. The molecule has 4 unspecified atom stereocenters. The molecule has 2 aliphatic carbocycles. The van der Waals surface area contributed by atoms with Crippen LogP contribution in [0.3, 0.4) is 0 Å². The summed E-state index contributed by atoms with van der Waals surface area (Å²) >= 11 is 13.4. The number of alkyl halides is 1. The molecule has 0 bridgehead atoms. The number of piperidine rings is 1. The summed E-state index contributed by atoms with van der Waals surface area (Å²) in [5.41, 5.74) is 5.96. The molecule has 1 saturated carbocycles. The van der Waals surface area contributed by atoms with Gasteiger partial charge in [-0.25, -0.2) is 17.5 Å². The number of benzene rings is 1. The van der Waals surface area contributed by atoms with Gasteiger partial charge in [-0.05, 0) is 74.3 Å². The Bertz CT molecular complexity index is 1550. The molecule has 0 radical (unpaired) electrons. The maximum atomic E-state index is 14.7. The molecule has 1 amide bonds.